The molecule has 1 unspecified atom stereocenters. The van der Waals surface area contributed by atoms with E-state index in [-0.39, 0.29) is 27.3 Å². The van der Waals surface area contributed by atoms with Crippen LogP contribution in [0.5, 0.6) is 0 Å². The van der Waals surface area contributed by atoms with Crippen molar-refractivity contribution >= 4 is 32.6 Å². The van der Waals surface area contributed by atoms with Gasteiger partial charge in [-0.3, -0.25) is 4.98 Å². The molecule has 2 aromatic carbocycles. The number of hydrogen-bond acceptors (Lipinski definition) is 5. The molecule has 0 saturated carbocycles. The minimum Gasteiger partial charge on any atom is -0.610 e. The van der Waals surface area contributed by atoms with Gasteiger partial charge in [0.2, 0.25) is 14.9 Å². The Morgan fingerprint density at radius 3 is 2.44 bits per heavy atom. The molecule has 27 heavy (non-hydrogen) atoms. The van der Waals surface area contributed by atoms with Crippen molar-refractivity contribution in [3.05, 3.63) is 59.6 Å². The van der Waals surface area contributed by atoms with Crippen molar-refractivity contribution in [1.82, 2.24) is 9.97 Å². The van der Waals surface area contributed by atoms with Crippen molar-refractivity contribution in [3.8, 4) is 11.4 Å². The van der Waals surface area contributed by atoms with Crippen molar-refractivity contribution in [3.63, 3.8) is 0 Å². The van der Waals surface area contributed by atoms with Gasteiger partial charge in [-0.25, -0.2) is 13.4 Å². The van der Waals surface area contributed by atoms with Crippen LogP contribution in [0.2, 0.25) is 5.02 Å². The topological polar surface area (TPSA) is 95.1 Å². The molecule has 1 aromatic heterocycles. The van der Waals surface area contributed by atoms with Crippen molar-refractivity contribution in [2.24, 2.45) is 0 Å². The number of nitrogens with zero attached hydrogens (tertiary/aromatic N) is 1. The van der Waals surface area contributed by atoms with E-state index >= 15 is 0 Å². The third-order valence-corrected chi connectivity index (χ3v) is 7.13. The second-order valence-corrected chi connectivity index (χ2v) is 9.39. The molecule has 0 fully saturated rings. The number of H-pyrrole nitrogens is 1. The number of hydrogen-bond donors (Lipinski definition) is 1. The van der Waals surface area contributed by atoms with Crippen LogP contribution >= 0.6 is 11.6 Å². The fraction of sp³-hybridized carbons (Fsp3) is 0.167. The lowest BCUT2D eigenvalue weighted by atomic mass is 10.2. The van der Waals surface area contributed by atoms with E-state index in [0.29, 0.717) is 16.4 Å². The molecule has 0 bridgehead atoms. The Kier molecular flexibility index (Phi) is 6.23. The molecule has 0 aliphatic heterocycles. The molecule has 0 saturated heterocycles. The first-order valence-corrected chi connectivity index (χ1v) is 11.1. The van der Waals surface area contributed by atoms with Gasteiger partial charge in [0.1, 0.15) is 11.6 Å². The third kappa shape index (κ3) is 4.36. The van der Waals surface area contributed by atoms with Crippen LogP contribution in [-0.2, 0) is 25.7 Å². The van der Waals surface area contributed by atoms with Crippen molar-refractivity contribution in [1.29, 1.82) is 0 Å². The molecule has 142 valence electrons. The van der Waals surface area contributed by atoms with Crippen molar-refractivity contribution < 1.29 is 17.7 Å². The number of benzene rings is 2. The lowest BCUT2D eigenvalue weighted by Crippen LogP contribution is -2.16. The van der Waals surface area contributed by atoms with E-state index in [1.165, 1.54) is 31.4 Å². The Morgan fingerprint density at radius 1 is 1.15 bits per heavy atom. The highest BCUT2D eigenvalue weighted by atomic mass is 35.5. The quantitative estimate of drug-likeness (QED) is 0.587. The van der Waals surface area contributed by atoms with E-state index in [0.717, 1.165) is 0 Å². The van der Waals surface area contributed by atoms with Crippen LogP contribution in [0.3, 0.4) is 0 Å². The number of halogens is 1. The van der Waals surface area contributed by atoms with Gasteiger partial charge in [0.15, 0.2) is 0 Å². The second kappa shape index (κ2) is 8.45. The Balaban J connectivity index is 2.11. The lowest BCUT2D eigenvalue weighted by molar-refractivity contribution is 0.217. The molecule has 1 atom stereocenters. The molecular weight excluding hydrogens is 408 g/mol. The van der Waals surface area contributed by atoms with Crippen LogP contribution in [0.1, 0.15) is 0 Å². The van der Waals surface area contributed by atoms with Crippen molar-refractivity contribution in [2.45, 2.75) is 14.9 Å². The molecule has 3 rings (SSSR count). The number of aromatic amines is 1. The van der Waals surface area contributed by atoms with Crippen molar-refractivity contribution in [2.75, 3.05) is 19.5 Å². The molecule has 9 heteroatoms. The van der Waals surface area contributed by atoms with Gasteiger partial charge < -0.3 is 9.29 Å². The maximum Gasteiger partial charge on any atom is 0.262 e. The van der Waals surface area contributed by atoms with Gasteiger partial charge in [-0.2, -0.15) is 0 Å². The smallest absolute Gasteiger partial charge is 0.262 e. The van der Waals surface area contributed by atoms with Gasteiger partial charge >= 0.3 is 0 Å². The van der Waals surface area contributed by atoms with E-state index in [4.69, 9.17) is 16.3 Å². The summed E-state index contributed by atoms with van der Waals surface area (Å²) in [6.07, 6.45) is 0. The van der Waals surface area contributed by atoms with Gasteiger partial charge in [0.25, 0.3) is 5.03 Å². The summed E-state index contributed by atoms with van der Waals surface area (Å²) in [6.45, 7) is 0.229. The highest BCUT2D eigenvalue weighted by Crippen LogP contribution is 2.30. The largest absolute Gasteiger partial charge is 0.610 e. The summed E-state index contributed by atoms with van der Waals surface area (Å²) in [5.74, 6) is 0.486. The summed E-state index contributed by atoms with van der Waals surface area (Å²) in [6, 6.07) is 14.8. The minimum atomic E-state index is -3.98. The van der Waals surface area contributed by atoms with Crippen LogP contribution in [0.25, 0.3) is 11.4 Å². The predicted molar refractivity (Wildman–Crippen MR) is 104 cm³/mol. The Morgan fingerprint density at radius 2 is 1.81 bits per heavy atom. The molecule has 1 heterocycles. The van der Waals surface area contributed by atoms with E-state index < -0.39 is 21.0 Å². The minimum absolute atomic E-state index is 0.0306. The first kappa shape index (κ1) is 19.9. The molecule has 0 amide bonds. The summed E-state index contributed by atoms with van der Waals surface area (Å²) < 4.78 is 43.8. The van der Waals surface area contributed by atoms with Crippen LogP contribution in [0, 0.1) is 0 Å². The van der Waals surface area contributed by atoms with Gasteiger partial charge in [0.05, 0.1) is 11.5 Å². The standard InChI is InChI=1S/C18H17ClN2O4S2/c1-25-11-12-26(22)17-18(21-16(20-17)13-5-3-2-4-6-13)27(23,24)15-9-7-14(19)8-10-15/h2-10H,11-12H2,1H3,(H,20,21). The van der Waals surface area contributed by atoms with Gasteiger partial charge in [-0.15, -0.1) is 0 Å². The van der Waals surface area contributed by atoms with E-state index in [9.17, 15) is 13.0 Å². The number of ether oxygens (including phenoxy) is 1. The number of rotatable bonds is 7. The fourth-order valence-electron chi connectivity index (χ4n) is 2.40. The highest BCUT2D eigenvalue weighted by molar-refractivity contribution is 7.94. The summed E-state index contributed by atoms with van der Waals surface area (Å²) in [4.78, 5) is 7.22. The Bertz CT molecular complexity index is 1010. The van der Waals surface area contributed by atoms with Crippen LogP contribution in [0.4, 0.5) is 0 Å². The first-order valence-electron chi connectivity index (χ1n) is 7.97. The van der Waals surface area contributed by atoms with Crippen LogP contribution in [0.15, 0.2) is 69.5 Å². The van der Waals surface area contributed by atoms with E-state index in [1.807, 2.05) is 18.2 Å². The molecule has 3 aromatic rings. The Hall–Kier alpha value is -1.84. The summed E-state index contributed by atoms with van der Waals surface area (Å²) in [5.41, 5.74) is 0.694. The lowest BCUT2D eigenvalue weighted by Gasteiger charge is -2.09. The average Bonchev–Trinajstić information content (AvgIpc) is 3.13. The number of sulfone groups is 1. The van der Waals surface area contributed by atoms with E-state index in [1.54, 1.807) is 12.1 Å². The number of nitrogens with one attached hydrogen (secondary N) is 1. The Labute approximate surface area is 165 Å². The van der Waals surface area contributed by atoms with Gasteiger partial charge in [-0.05, 0) is 24.3 Å². The molecule has 0 aliphatic rings. The molecule has 1 N–H and O–H groups in total. The number of aromatic nitrogens is 2. The zero-order valence-electron chi connectivity index (χ0n) is 14.4. The number of methoxy groups -OCH3 is 1. The normalized spacial score (nSPS) is 12.9. The number of imidazole rings is 1. The SMILES string of the molecule is COCC[S+]([O-])c1[nH]c(-c2ccccc2)nc1S(=O)(=O)c1ccc(Cl)cc1. The maximum absolute atomic E-state index is 13.1. The molecule has 6 nitrogen and oxygen atoms in total. The van der Waals surface area contributed by atoms with Crippen LogP contribution in [-0.4, -0.2) is 42.4 Å². The third-order valence-electron chi connectivity index (χ3n) is 3.77. The molecule has 0 spiro atoms. The zero-order valence-corrected chi connectivity index (χ0v) is 16.8. The van der Waals surface area contributed by atoms with Crippen LogP contribution < -0.4 is 0 Å². The van der Waals surface area contributed by atoms with E-state index in [2.05, 4.69) is 9.97 Å². The summed E-state index contributed by atoms with van der Waals surface area (Å²) >= 11 is 4.23. The summed E-state index contributed by atoms with van der Waals surface area (Å²) in [5, 5.41) is 0.226. The summed E-state index contributed by atoms with van der Waals surface area (Å²) in [7, 11) is -2.49. The fourth-order valence-corrected chi connectivity index (χ4v) is 5.33. The predicted octanol–water partition coefficient (Wildman–Crippen LogP) is 3.32. The molecular formula is C18H17ClN2O4S2. The molecule has 0 aliphatic carbocycles. The average molecular weight is 425 g/mol. The maximum atomic E-state index is 13.1. The monoisotopic (exact) mass is 424 g/mol. The second-order valence-electron chi connectivity index (χ2n) is 5.59. The highest BCUT2D eigenvalue weighted by Gasteiger charge is 2.32. The molecule has 0 radical (unpaired) electrons. The zero-order chi connectivity index (χ0) is 19.4. The first-order chi connectivity index (χ1) is 12.9. The van der Waals surface area contributed by atoms with Gasteiger partial charge in [-0.1, -0.05) is 41.9 Å². The van der Waals surface area contributed by atoms with Gasteiger partial charge in [0, 0.05) is 28.9 Å².